The molecule has 0 aromatic carbocycles. The number of hydrogen-bond donors (Lipinski definition) is 1. The Bertz CT molecular complexity index is 80.6. The van der Waals surface area contributed by atoms with E-state index in [0.717, 1.165) is 18.4 Å². The Morgan fingerprint density at radius 3 is 2.67 bits per heavy atom. The van der Waals surface area contributed by atoms with Gasteiger partial charge < -0.3 is 5.32 Å². The van der Waals surface area contributed by atoms with Crippen molar-refractivity contribution >= 4 is 0 Å². The summed E-state index contributed by atoms with van der Waals surface area (Å²) in [4.78, 5) is 0. The van der Waals surface area contributed by atoms with E-state index < -0.39 is 0 Å². The van der Waals surface area contributed by atoms with Crippen molar-refractivity contribution in [3.05, 3.63) is 0 Å². The topological polar surface area (TPSA) is 12.0 Å². The first-order valence-corrected chi connectivity index (χ1v) is 4.05. The first-order valence-electron chi connectivity index (χ1n) is 4.05. The summed E-state index contributed by atoms with van der Waals surface area (Å²) in [5, 5.41) is 3.34. The van der Waals surface area contributed by atoms with Crippen LogP contribution in [0.1, 0.15) is 26.7 Å². The van der Waals surface area contributed by atoms with Crippen molar-refractivity contribution in [1.82, 2.24) is 5.32 Å². The molecule has 2 unspecified atom stereocenters. The van der Waals surface area contributed by atoms with Crippen LogP contribution in [0.15, 0.2) is 0 Å². The third-order valence-electron chi connectivity index (χ3n) is 2.22. The molecule has 1 rings (SSSR count). The van der Waals surface area contributed by atoms with Crippen molar-refractivity contribution in [2.45, 2.75) is 26.7 Å². The standard InChI is InChI=1S/C8H17N/c1-3-9-5-4-8-6-7(8)2/h7-9H,3-6H2,1-2H3. The molecule has 1 fully saturated rings. The van der Waals surface area contributed by atoms with Gasteiger partial charge in [0.1, 0.15) is 0 Å². The lowest BCUT2D eigenvalue weighted by molar-refractivity contribution is 0.605. The summed E-state index contributed by atoms with van der Waals surface area (Å²) >= 11 is 0. The van der Waals surface area contributed by atoms with Gasteiger partial charge in [-0.25, -0.2) is 0 Å². The number of rotatable bonds is 4. The zero-order valence-electron chi connectivity index (χ0n) is 6.48. The molecule has 0 aromatic heterocycles. The van der Waals surface area contributed by atoms with Gasteiger partial charge in [0.2, 0.25) is 0 Å². The Balaban J connectivity index is 1.83. The van der Waals surface area contributed by atoms with Crippen molar-refractivity contribution in [2.24, 2.45) is 11.8 Å². The van der Waals surface area contributed by atoms with Crippen LogP contribution < -0.4 is 5.32 Å². The van der Waals surface area contributed by atoms with Gasteiger partial charge in [0.05, 0.1) is 0 Å². The van der Waals surface area contributed by atoms with E-state index in [2.05, 4.69) is 19.2 Å². The first kappa shape index (κ1) is 7.07. The summed E-state index contributed by atoms with van der Waals surface area (Å²) in [6.07, 6.45) is 2.88. The second-order valence-electron chi connectivity index (χ2n) is 3.12. The average molecular weight is 127 g/mol. The lowest BCUT2D eigenvalue weighted by Gasteiger charge is -1.97. The molecule has 0 saturated heterocycles. The Kier molecular flexibility index (Phi) is 2.52. The molecular formula is C8H17N. The molecule has 9 heavy (non-hydrogen) atoms. The van der Waals surface area contributed by atoms with E-state index >= 15 is 0 Å². The molecule has 1 N–H and O–H groups in total. The van der Waals surface area contributed by atoms with Crippen LogP contribution in [0, 0.1) is 11.8 Å². The summed E-state index contributed by atoms with van der Waals surface area (Å²) < 4.78 is 0. The third kappa shape index (κ3) is 2.35. The lowest BCUT2D eigenvalue weighted by atomic mass is 10.2. The summed E-state index contributed by atoms with van der Waals surface area (Å²) in [5.74, 6) is 2.09. The van der Waals surface area contributed by atoms with E-state index in [4.69, 9.17) is 0 Å². The maximum atomic E-state index is 3.34. The summed E-state index contributed by atoms with van der Waals surface area (Å²) in [6.45, 7) is 6.86. The molecule has 2 atom stereocenters. The second kappa shape index (κ2) is 3.21. The number of nitrogens with one attached hydrogen (secondary N) is 1. The molecule has 54 valence electrons. The molecule has 0 spiro atoms. The molecule has 1 aliphatic carbocycles. The van der Waals surface area contributed by atoms with Crippen LogP contribution in [-0.2, 0) is 0 Å². The monoisotopic (exact) mass is 127 g/mol. The van der Waals surface area contributed by atoms with Gasteiger partial charge in [-0.05, 0) is 37.8 Å². The highest BCUT2D eigenvalue weighted by molar-refractivity contribution is 4.82. The Labute approximate surface area is 57.8 Å². The second-order valence-corrected chi connectivity index (χ2v) is 3.12. The van der Waals surface area contributed by atoms with Crippen LogP contribution in [0.5, 0.6) is 0 Å². The van der Waals surface area contributed by atoms with Crippen molar-refractivity contribution in [3.8, 4) is 0 Å². The predicted molar refractivity (Wildman–Crippen MR) is 40.4 cm³/mol. The summed E-state index contributed by atoms with van der Waals surface area (Å²) in [6, 6.07) is 0. The molecule has 0 amide bonds. The Morgan fingerprint density at radius 1 is 1.56 bits per heavy atom. The quantitative estimate of drug-likeness (QED) is 0.566. The SMILES string of the molecule is CCNCCC1CC1C. The minimum Gasteiger partial charge on any atom is -0.317 e. The van der Waals surface area contributed by atoms with Crippen LogP contribution in [0.25, 0.3) is 0 Å². The van der Waals surface area contributed by atoms with Crippen LogP contribution in [0.4, 0.5) is 0 Å². The van der Waals surface area contributed by atoms with E-state index in [1.807, 2.05) is 0 Å². The van der Waals surface area contributed by atoms with Gasteiger partial charge in [-0.2, -0.15) is 0 Å². The minimum absolute atomic E-state index is 1.03. The Hall–Kier alpha value is -0.0400. The molecule has 0 aromatic rings. The lowest BCUT2D eigenvalue weighted by Crippen LogP contribution is -2.14. The van der Waals surface area contributed by atoms with Gasteiger partial charge in [0.15, 0.2) is 0 Å². The van der Waals surface area contributed by atoms with E-state index in [9.17, 15) is 0 Å². The molecule has 0 heterocycles. The molecule has 1 nitrogen and oxygen atoms in total. The van der Waals surface area contributed by atoms with Gasteiger partial charge in [-0.1, -0.05) is 13.8 Å². The van der Waals surface area contributed by atoms with Crippen LogP contribution >= 0.6 is 0 Å². The first-order chi connectivity index (χ1) is 4.34. The van der Waals surface area contributed by atoms with Crippen LogP contribution in [-0.4, -0.2) is 13.1 Å². The largest absolute Gasteiger partial charge is 0.317 e. The van der Waals surface area contributed by atoms with E-state index in [-0.39, 0.29) is 0 Å². The molecular weight excluding hydrogens is 110 g/mol. The fraction of sp³-hybridized carbons (Fsp3) is 1.00. The summed E-state index contributed by atoms with van der Waals surface area (Å²) in [7, 11) is 0. The fourth-order valence-electron chi connectivity index (χ4n) is 1.27. The highest BCUT2D eigenvalue weighted by Gasteiger charge is 2.31. The maximum Gasteiger partial charge on any atom is -0.00463 e. The van der Waals surface area contributed by atoms with E-state index in [1.165, 1.54) is 19.4 Å². The van der Waals surface area contributed by atoms with Crippen molar-refractivity contribution < 1.29 is 0 Å². The van der Waals surface area contributed by atoms with Crippen LogP contribution in [0.2, 0.25) is 0 Å². The highest BCUT2D eigenvalue weighted by atomic mass is 14.8. The van der Waals surface area contributed by atoms with Crippen molar-refractivity contribution in [2.75, 3.05) is 13.1 Å². The molecule has 0 aliphatic heterocycles. The zero-order chi connectivity index (χ0) is 6.69. The summed E-state index contributed by atoms with van der Waals surface area (Å²) in [5.41, 5.74) is 0. The molecule has 1 heteroatoms. The fourth-order valence-corrected chi connectivity index (χ4v) is 1.27. The normalized spacial score (nSPS) is 32.7. The van der Waals surface area contributed by atoms with Gasteiger partial charge in [-0.3, -0.25) is 0 Å². The number of hydrogen-bond acceptors (Lipinski definition) is 1. The van der Waals surface area contributed by atoms with E-state index in [0.29, 0.717) is 0 Å². The predicted octanol–water partition coefficient (Wildman–Crippen LogP) is 1.64. The maximum absolute atomic E-state index is 3.34. The van der Waals surface area contributed by atoms with Crippen molar-refractivity contribution in [1.29, 1.82) is 0 Å². The van der Waals surface area contributed by atoms with E-state index in [1.54, 1.807) is 0 Å². The molecule has 1 saturated carbocycles. The molecule has 1 aliphatic rings. The van der Waals surface area contributed by atoms with Gasteiger partial charge in [-0.15, -0.1) is 0 Å². The van der Waals surface area contributed by atoms with Gasteiger partial charge in [0, 0.05) is 0 Å². The van der Waals surface area contributed by atoms with Crippen molar-refractivity contribution in [3.63, 3.8) is 0 Å². The zero-order valence-corrected chi connectivity index (χ0v) is 6.48. The van der Waals surface area contributed by atoms with Gasteiger partial charge >= 0.3 is 0 Å². The smallest absolute Gasteiger partial charge is 0.00463 e. The minimum atomic E-state index is 1.03. The third-order valence-corrected chi connectivity index (χ3v) is 2.22. The van der Waals surface area contributed by atoms with Crippen LogP contribution in [0.3, 0.4) is 0 Å². The van der Waals surface area contributed by atoms with Gasteiger partial charge in [0.25, 0.3) is 0 Å². The molecule has 0 radical (unpaired) electrons. The highest BCUT2D eigenvalue weighted by Crippen LogP contribution is 2.39. The average Bonchev–Trinajstić information content (AvgIpc) is 2.48. The Morgan fingerprint density at radius 2 is 2.22 bits per heavy atom. The molecule has 0 bridgehead atoms.